The van der Waals surface area contributed by atoms with Gasteiger partial charge in [0, 0.05) is 16.5 Å². The molecule has 0 unspecified atom stereocenters. The minimum Gasteiger partial charge on any atom is -0.0897 e. The lowest BCUT2D eigenvalue weighted by atomic mass is 9.97. The Morgan fingerprint density at radius 3 is 2.28 bits per heavy atom. The molecule has 2 aromatic carbocycles. The van der Waals surface area contributed by atoms with Gasteiger partial charge < -0.3 is 0 Å². The molecule has 0 saturated carbocycles. The smallest absolute Gasteiger partial charge is 0.0453 e. The van der Waals surface area contributed by atoms with Crippen LogP contribution in [-0.4, -0.2) is 0 Å². The molecule has 0 nitrogen and oxygen atoms in total. The number of halogens is 1. The van der Waals surface area contributed by atoms with Gasteiger partial charge >= 0.3 is 0 Å². The number of hydrogen-bond donors (Lipinski definition) is 0. The molecule has 0 radical (unpaired) electrons. The zero-order chi connectivity index (χ0) is 12.8. The lowest BCUT2D eigenvalue weighted by molar-refractivity contribution is 0.830. The van der Waals surface area contributed by atoms with Crippen LogP contribution < -0.4 is 0 Å². The van der Waals surface area contributed by atoms with Crippen molar-refractivity contribution in [1.82, 2.24) is 0 Å². The standard InChI is InChI=1S/C17H15Cl/c1-2-15(16-6-4-3-5-7-16)11-8-14-9-12-17(18)13-10-14/h3-7,9-10,12-13,15H,2H2,1H3/t15-/m0/s1. The van der Waals surface area contributed by atoms with E-state index >= 15 is 0 Å². The Kier molecular flexibility index (Phi) is 4.45. The maximum absolute atomic E-state index is 5.85. The van der Waals surface area contributed by atoms with E-state index in [0.29, 0.717) is 5.92 Å². The highest BCUT2D eigenvalue weighted by atomic mass is 35.5. The highest BCUT2D eigenvalue weighted by Crippen LogP contribution is 2.18. The summed E-state index contributed by atoms with van der Waals surface area (Å²) in [5, 5.41) is 0.746. The predicted molar refractivity (Wildman–Crippen MR) is 77.8 cm³/mol. The van der Waals surface area contributed by atoms with Crippen LogP contribution in [0.4, 0.5) is 0 Å². The molecule has 0 aliphatic rings. The van der Waals surface area contributed by atoms with E-state index in [-0.39, 0.29) is 0 Å². The Labute approximate surface area is 114 Å². The van der Waals surface area contributed by atoms with Crippen LogP contribution in [0.5, 0.6) is 0 Å². The molecule has 0 fully saturated rings. The molecule has 18 heavy (non-hydrogen) atoms. The molecule has 0 N–H and O–H groups in total. The van der Waals surface area contributed by atoms with Crippen LogP contribution in [0.3, 0.4) is 0 Å². The second-order valence-corrected chi connectivity index (χ2v) is 4.58. The van der Waals surface area contributed by atoms with Crippen LogP contribution in [0.15, 0.2) is 54.6 Å². The van der Waals surface area contributed by atoms with Gasteiger partial charge in [-0.25, -0.2) is 0 Å². The summed E-state index contributed by atoms with van der Waals surface area (Å²) in [6.07, 6.45) is 1.02. The van der Waals surface area contributed by atoms with Crippen molar-refractivity contribution in [2.45, 2.75) is 19.3 Å². The van der Waals surface area contributed by atoms with Crippen LogP contribution in [0.25, 0.3) is 0 Å². The van der Waals surface area contributed by atoms with Gasteiger partial charge in [0.05, 0.1) is 0 Å². The average Bonchev–Trinajstić information content (AvgIpc) is 2.43. The number of hydrogen-bond acceptors (Lipinski definition) is 0. The van der Waals surface area contributed by atoms with E-state index in [2.05, 4.69) is 43.0 Å². The van der Waals surface area contributed by atoms with Gasteiger partial charge in [-0.2, -0.15) is 0 Å². The Bertz CT molecular complexity index is 544. The SMILES string of the molecule is CC[C@@H](C#Cc1ccc(Cl)cc1)c1ccccc1. The Morgan fingerprint density at radius 1 is 1.00 bits per heavy atom. The molecule has 1 heteroatoms. The largest absolute Gasteiger partial charge is 0.0897 e. The van der Waals surface area contributed by atoms with Crippen molar-refractivity contribution in [3.63, 3.8) is 0 Å². The van der Waals surface area contributed by atoms with Crippen molar-refractivity contribution in [3.05, 3.63) is 70.7 Å². The molecule has 0 amide bonds. The van der Waals surface area contributed by atoms with Crippen molar-refractivity contribution in [3.8, 4) is 11.8 Å². The molecule has 0 heterocycles. The summed E-state index contributed by atoms with van der Waals surface area (Å²) < 4.78 is 0. The monoisotopic (exact) mass is 254 g/mol. The molecule has 0 aliphatic carbocycles. The first-order chi connectivity index (χ1) is 8.79. The van der Waals surface area contributed by atoms with Crippen molar-refractivity contribution in [2.75, 3.05) is 0 Å². The predicted octanol–water partition coefficient (Wildman–Crippen LogP) is 4.89. The van der Waals surface area contributed by atoms with E-state index in [1.54, 1.807) is 0 Å². The van der Waals surface area contributed by atoms with Gasteiger partial charge in [0.15, 0.2) is 0 Å². The first kappa shape index (κ1) is 12.7. The van der Waals surface area contributed by atoms with Crippen LogP contribution in [0.2, 0.25) is 5.02 Å². The maximum Gasteiger partial charge on any atom is 0.0453 e. The number of benzene rings is 2. The van der Waals surface area contributed by atoms with Gasteiger partial charge in [-0.1, -0.05) is 60.7 Å². The third kappa shape index (κ3) is 3.39. The molecule has 0 saturated heterocycles. The van der Waals surface area contributed by atoms with Crippen LogP contribution in [0, 0.1) is 11.8 Å². The van der Waals surface area contributed by atoms with Gasteiger partial charge in [0.25, 0.3) is 0 Å². The third-order valence-corrected chi connectivity index (χ3v) is 3.10. The summed E-state index contributed by atoms with van der Waals surface area (Å²) in [7, 11) is 0. The second kappa shape index (κ2) is 6.28. The van der Waals surface area contributed by atoms with E-state index in [1.807, 2.05) is 30.3 Å². The van der Waals surface area contributed by atoms with Crippen molar-refractivity contribution < 1.29 is 0 Å². The molecule has 1 atom stereocenters. The van der Waals surface area contributed by atoms with E-state index in [9.17, 15) is 0 Å². The molecule has 2 aromatic rings. The molecule has 0 spiro atoms. The summed E-state index contributed by atoms with van der Waals surface area (Å²) >= 11 is 5.85. The van der Waals surface area contributed by atoms with Gasteiger partial charge in [-0.3, -0.25) is 0 Å². The summed E-state index contributed by atoms with van der Waals surface area (Å²) in [5.41, 5.74) is 2.29. The summed E-state index contributed by atoms with van der Waals surface area (Å²) in [5.74, 6) is 6.83. The van der Waals surface area contributed by atoms with Gasteiger partial charge in [-0.15, -0.1) is 0 Å². The third-order valence-electron chi connectivity index (χ3n) is 2.85. The quantitative estimate of drug-likeness (QED) is 0.670. The molecular weight excluding hydrogens is 240 g/mol. The molecule has 0 aliphatic heterocycles. The van der Waals surface area contributed by atoms with Crippen molar-refractivity contribution >= 4 is 11.6 Å². The Balaban J connectivity index is 2.19. The zero-order valence-electron chi connectivity index (χ0n) is 10.4. The maximum atomic E-state index is 5.85. The fourth-order valence-electron chi connectivity index (χ4n) is 1.81. The Hall–Kier alpha value is -1.71. The van der Waals surface area contributed by atoms with E-state index in [0.717, 1.165) is 17.0 Å². The normalized spacial score (nSPS) is 11.4. The lowest BCUT2D eigenvalue weighted by Crippen LogP contribution is -1.93. The molecule has 0 bridgehead atoms. The van der Waals surface area contributed by atoms with E-state index in [1.165, 1.54) is 5.56 Å². The minimum atomic E-state index is 0.293. The summed E-state index contributed by atoms with van der Waals surface area (Å²) in [6.45, 7) is 2.16. The fourth-order valence-corrected chi connectivity index (χ4v) is 1.94. The van der Waals surface area contributed by atoms with Crippen LogP contribution in [-0.2, 0) is 0 Å². The van der Waals surface area contributed by atoms with Crippen molar-refractivity contribution in [2.24, 2.45) is 0 Å². The van der Waals surface area contributed by atoms with E-state index in [4.69, 9.17) is 11.6 Å². The fraction of sp³-hybridized carbons (Fsp3) is 0.176. The van der Waals surface area contributed by atoms with Gasteiger partial charge in [-0.05, 0) is 36.2 Å². The highest BCUT2D eigenvalue weighted by molar-refractivity contribution is 6.30. The molecule has 90 valence electrons. The van der Waals surface area contributed by atoms with Crippen LogP contribution in [0.1, 0.15) is 30.4 Å². The lowest BCUT2D eigenvalue weighted by Gasteiger charge is -2.07. The van der Waals surface area contributed by atoms with Crippen LogP contribution >= 0.6 is 11.6 Å². The second-order valence-electron chi connectivity index (χ2n) is 4.15. The molecule has 2 rings (SSSR count). The minimum absolute atomic E-state index is 0.293. The van der Waals surface area contributed by atoms with Gasteiger partial charge in [0.1, 0.15) is 0 Å². The average molecular weight is 255 g/mol. The number of rotatable bonds is 2. The molecule has 0 aromatic heterocycles. The first-order valence-corrected chi connectivity index (χ1v) is 6.49. The summed E-state index contributed by atoms with van der Waals surface area (Å²) in [6, 6.07) is 18.0. The first-order valence-electron chi connectivity index (χ1n) is 6.11. The van der Waals surface area contributed by atoms with E-state index < -0.39 is 0 Å². The van der Waals surface area contributed by atoms with Gasteiger partial charge in [0.2, 0.25) is 0 Å². The van der Waals surface area contributed by atoms with Crippen molar-refractivity contribution in [1.29, 1.82) is 0 Å². The zero-order valence-corrected chi connectivity index (χ0v) is 11.1. The summed E-state index contributed by atoms with van der Waals surface area (Å²) in [4.78, 5) is 0. The highest BCUT2D eigenvalue weighted by Gasteiger charge is 2.03. The topological polar surface area (TPSA) is 0 Å². The Morgan fingerprint density at radius 2 is 1.67 bits per heavy atom. The molecular formula is C17H15Cl.